The van der Waals surface area contributed by atoms with Gasteiger partial charge in [0.25, 0.3) is 0 Å². The standard InChI is InChI=1S/C23H25FN2O3S/c1-3-25-15-18-13-21(26-16-17-7-5-4-6-8-17)23(22(14-18)30(2,27)28)29-20-11-9-19(24)10-12-20/h4-14,25-26H,3,15-16H2,1-2H3. The lowest BCUT2D eigenvalue weighted by atomic mass is 10.1. The van der Waals surface area contributed by atoms with Crippen molar-refractivity contribution >= 4 is 15.5 Å². The molecule has 3 rings (SSSR count). The molecule has 158 valence electrons. The molecule has 0 fully saturated rings. The van der Waals surface area contributed by atoms with Crippen LogP contribution < -0.4 is 15.4 Å². The van der Waals surface area contributed by atoms with Crippen molar-refractivity contribution in [3.8, 4) is 11.5 Å². The maximum absolute atomic E-state index is 13.3. The van der Waals surface area contributed by atoms with Crippen LogP contribution in [0.25, 0.3) is 0 Å². The van der Waals surface area contributed by atoms with Crippen molar-refractivity contribution < 1.29 is 17.5 Å². The molecule has 0 radical (unpaired) electrons. The van der Waals surface area contributed by atoms with E-state index in [-0.39, 0.29) is 10.6 Å². The summed E-state index contributed by atoms with van der Waals surface area (Å²) >= 11 is 0. The van der Waals surface area contributed by atoms with Gasteiger partial charge in [-0.05, 0) is 54.1 Å². The molecule has 0 aromatic heterocycles. The van der Waals surface area contributed by atoms with Gasteiger partial charge in [-0.2, -0.15) is 0 Å². The van der Waals surface area contributed by atoms with Gasteiger partial charge in [-0.1, -0.05) is 37.3 Å². The summed E-state index contributed by atoms with van der Waals surface area (Å²) in [5, 5.41) is 6.51. The van der Waals surface area contributed by atoms with Gasteiger partial charge in [0.2, 0.25) is 0 Å². The van der Waals surface area contributed by atoms with Crippen molar-refractivity contribution in [3.05, 3.63) is 83.7 Å². The molecule has 30 heavy (non-hydrogen) atoms. The third kappa shape index (κ3) is 5.81. The normalized spacial score (nSPS) is 11.3. The van der Waals surface area contributed by atoms with Crippen LogP contribution in [-0.4, -0.2) is 21.2 Å². The van der Waals surface area contributed by atoms with Gasteiger partial charge >= 0.3 is 0 Å². The molecule has 0 aliphatic carbocycles. The number of hydrogen-bond acceptors (Lipinski definition) is 5. The van der Waals surface area contributed by atoms with Crippen LogP contribution in [0.1, 0.15) is 18.1 Å². The van der Waals surface area contributed by atoms with Gasteiger partial charge in [0.15, 0.2) is 15.6 Å². The Balaban J connectivity index is 2.05. The third-order valence-electron chi connectivity index (χ3n) is 4.45. The number of ether oxygens (including phenoxy) is 1. The molecule has 5 nitrogen and oxygen atoms in total. The summed E-state index contributed by atoms with van der Waals surface area (Å²) < 4.78 is 44.3. The molecule has 0 aliphatic heterocycles. The smallest absolute Gasteiger partial charge is 0.179 e. The predicted octanol–water partition coefficient (Wildman–Crippen LogP) is 4.74. The minimum absolute atomic E-state index is 0.0813. The first-order valence-electron chi connectivity index (χ1n) is 9.65. The van der Waals surface area contributed by atoms with Crippen LogP contribution in [0.4, 0.5) is 10.1 Å². The summed E-state index contributed by atoms with van der Waals surface area (Å²) in [6, 6.07) is 18.7. The summed E-state index contributed by atoms with van der Waals surface area (Å²) in [6.07, 6.45) is 1.15. The lowest BCUT2D eigenvalue weighted by Gasteiger charge is -2.18. The molecule has 0 saturated carbocycles. The molecular formula is C23H25FN2O3S. The Morgan fingerprint density at radius 2 is 1.63 bits per heavy atom. The SMILES string of the molecule is CCNCc1cc(NCc2ccccc2)c(Oc2ccc(F)cc2)c(S(C)(=O)=O)c1. The second-order valence-corrected chi connectivity index (χ2v) is 8.90. The zero-order valence-corrected chi connectivity index (χ0v) is 17.8. The minimum Gasteiger partial charge on any atom is -0.454 e. The van der Waals surface area contributed by atoms with E-state index in [1.807, 2.05) is 43.3 Å². The first kappa shape index (κ1) is 21.8. The van der Waals surface area contributed by atoms with E-state index in [0.717, 1.165) is 23.9 Å². The maximum Gasteiger partial charge on any atom is 0.179 e. The van der Waals surface area contributed by atoms with Gasteiger partial charge in [0, 0.05) is 19.3 Å². The van der Waals surface area contributed by atoms with Crippen LogP contribution in [-0.2, 0) is 22.9 Å². The quantitative estimate of drug-likeness (QED) is 0.515. The van der Waals surface area contributed by atoms with Crippen molar-refractivity contribution in [2.45, 2.75) is 24.9 Å². The maximum atomic E-state index is 13.3. The van der Waals surface area contributed by atoms with Gasteiger partial charge in [0.1, 0.15) is 16.5 Å². The molecule has 0 bridgehead atoms. The number of hydrogen-bond donors (Lipinski definition) is 2. The largest absolute Gasteiger partial charge is 0.454 e. The lowest BCUT2D eigenvalue weighted by Crippen LogP contribution is -2.14. The average molecular weight is 429 g/mol. The molecule has 0 heterocycles. The molecule has 0 aliphatic rings. The van der Waals surface area contributed by atoms with E-state index in [9.17, 15) is 12.8 Å². The predicted molar refractivity (Wildman–Crippen MR) is 117 cm³/mol. The van der Waals surface area contributed by atoms with Crippen LogP contribution in [0.15, 0.2) is 71.6 Å². The van der Waals surface area contributed by atoms with Crippen molar-refractivity contribution in [1.82, 2.24) is 5.32 Å². The Labute approximate surface area is 176 Å². The van der Waals surface area contributed by atoms with Crippen LogP contribution >= 0.6 is 0 Å². The fraction of sp³-hybridized carbons (Fsp3) is 0.217. The second-order valence-electron chi connectivity index (χ2n) is 6.92. The number of sulfone groups is 1. The average Bonchev–Trinajstić information content (AvgIpc) is 2.73. The van der Waals surface area contributed by atoms with E-state index in [2.05, 4.69) is 10.6 Å². The summed E-state index contributed by atoms with van der Waals surface area (Å²) in [4.78, 5) is 0.0813. The highest BCUT2D eigenvalue weighted by Gasteiger charge is 2.21. The van der Waals surface area contributed by atoms with E-state index in [1.165, 1.54) is 24.3 Å². The number of nitrogens with one attached hydrogen (secondary N) is 2. The van der Waals surface area contributed by atoms with E-state index in [4.69, 9.17) is 4.74 Å². The fourth-order valence-electron chi connectivity index (χ4n) is 2.96. The van der Waals surface area contributed by atoms with Gasteiger partial charge < -0.3 is 15.4 Å². The number of rotatable bonds is 9. The summed E-state index contributed by atoms with van der Waals surface area (Å²) in [7, 11) is -3.58. The highest BCUT2D eigenvalue weighted by molar-refractivity contribution is 7.90. The van der Waals surface area contributed by atoms with Crippen LogP contribution in [0, 0.1) is 5.82 Å². The fourth-order valence-corrected chi connectivity index (χ4v) is 3.81. The van der Waals surface area contributed by atoms with Gasteiger partial charge in [-0.3, -0.25) is 0 Å². The molecule has 2 N–H and O–H groups in total. The van der Waals surface area contributed by atoms with Crippen molar-refractivity contribution in [2.75, 3.05) is 18.1 Å². The molecular weight excluding hydrogens is 403 g/mol. The highest BCUT2D eigenvalue weighted by atomic mass is 32.2. The van der Waals surface area contributed by atoms with E-state index in [1.54, 1.807) is 6.07 Å². The summed E-state index contributed by atoms with van der Waals surface area (Å²) in [5.41, 5.74) is 2.42. The first-order valence-corrected chi connectivity index (χ1v) is 11.5. The first-order chi connectivity index (χ1) is 14.4. The van der Waals surface area contributed by atoms with E-state index >= 15 is 0 Å². The Morgan fingerprint density at radius 3 is 2.27 bits per heavy atom. The van der Waals surface area contributed by atoms with Gasteiger partial charge in [-0.25, -0.2) is 12.8 Å². The molecule has 0 atom stereocenters. The molecule has 0 unspecified atom stereocenters. The van der Waals surface area contributed by atoms with Gasteiger partial charge in [0.05, 0.1) is 5.69 Å². The molecule has 0 spiro atoms. The molecule has 0 amide bonds. The Bertz CT molecular complexity index is 1090. The summed E-state index contributed by atoms with van der Waals surface area (Å²) in [6.45, 7) is 3.76. The minimum atomic E-state index is -3.58. The van der Waals surface area contributed by atoms with Gasteiger partial charge in [-0.15, -0.1) is 0 Å². The Kier molecular flexibility index (Phi) is 7.07. The van der Waals surface area contributed by atoms with Crippen LogP contribution in [0.2, 0.25) is 0 Å². The number of anilines is 1. The molecule has 0 saturated heterocycles. The zero-order chi connectivity index (χ0) is 21.6. The van der Waals surface area contributed by atoms with E-state index < -0.39 is 15.7 Å². The van der Waals surface area contributed by atoms with E-state index in [0.29, 0.717) is 24.5 Å². The Hall–Kier alpha value is -2.90. The molecule has 3 aromatic rings. The third-order valence-corrected chi connectivity index (χ3v) is 5.55. The lowest BCUT2D eigenvalue weighted by molar-refractivity contribution is 0.467. The topological polar surface area (TPSA) is 67.4 Å². The molecule has 3 aromatic carbocycles. The van der Waals surface area contributed by atoms with Crippen molar-refractivity contribution in [3.63, 3.8) is 0 Å². The Morgan fingerprint density at radius 1 is 0.933 bits per heavy atom. The van der Waals surface area contributed by atoms with Crippen LogP contribution in [0.5, 0.6) is 11.5 Å². The molecule has 7 heteroatoms. The van der Waals surface area contributed by atoms with Crippen LogP contribution in [0.3, 0.4) is 0 Å². The second kappa shape index (κ2) is 9.73. The van der Waals surface area contributed by atoms with Crippen molar-refractivity contribution in [2.24, 2.45) is 0 Å². The monoisotopic (exact) mass is 428 g/mol. The number of benzene rings is 3. The summed E-state index contributed by atoms with van der Waals surface area (Å²) in [5.74, 6) is 0.151. The zero-order valence-electron chi connectivity index (χ0n) is 17.0. The van der Waals surface area contributed by atoms with Crippen molar-refractivity contribution in [1.29, 1.82) is 0 Å². The highest BCUT2D eigenvalue weighted by Crippen LogP contribution is 2.38. The number of halogens is 1.